The number of aromatic amines is 1. The fourth-order valence-corrected chi connectivity index (χ4v) is 5.97. The molecule has 0 spiro atoms. The third-order valence-corrected chi connectivity index (χ3v) is 8.33. The van der Waals surface area contributed by atoms with E-state index < -0.39 is 15.6 Å². The van der Waals surface area contributed by atoms with Crippen LogP contribution in [0.4, 0.5) is 0 Å². The molecule has 176 valence electrons. The minimum absolute atomic E-state index is 0.0255. The average molecular weight is 489 g/mol. The van der Waals surface area contributed by atoms with Crippen LogP contribution in [0.25, 0.3) is 39.1 Å². The highest BCUT2D eigenvalue weighted by atomic mass is 32.2. The lowest BCUT2D eigenvalue weighted by molar-refractivity contribution is 0.0887. The van der Waals surface area contributed by atoms with Gasteiger partial charge in [-0.1, -0.05) is 0 Å². The number of nitriles is 1. The first-order chi connectivity index (χ1) is 17.0. The molecule has 1 saturated heterocycles. The summed E-state index contributed by atoms with van der Waals surface area (Å²) in [6.07, 6.45) is 10.4. The molecular formula is C22H20N10O2S. The fraction of sp³-hybridized carbons (Fsp3) is 0.273. The second-order valence-electron chi connectivity index (χ2n) is 8.48. The summed E-state index contributed by atoms with van der Waals surface area (Å²) < 4.78 is 29.9. The van der Waals surface area contributed by atoms with Gasteiger partial charge in [0.1, 0.15) is 23.9 Å². The zero-order valence-electron chi connectivity index (χ0n) is 18.7. The molecule has 0 bridgehead atoms. The van der Waals surface area contributed by atoms with Crippen LogP contribution in [0.2, 0.25) is 0 Å². The van der Waals surface area contributed by atoms with Crippen LogP contribution in [0.3, 0.4) is 0 Å². The summed E-state index contributed by atoms with van der Waals surface area (Å²) in [6.45, 7) is 2.08. The maximum atomic E-state index is 12.3. The Morgan fingerprint density at radius 2 is 1.86 bits per heavy atom. The van der Waals surface area contributed by atoms with Crippen LogP contribution in [-0.4, -0.2) is 70.8 Å². The van der Waals surface area contributed by atoms with Crippen LogP contribution >= 0.6 is 0 Å². The molecule has 6 heterocycles. The van der Waals surface area contributed by atoms with E-state index in [9.17, 15) is 13.7 Å². The van der Waals surface area contributed by atoms with E-state index in [-0.39, 0.29) is 25.3 Å². The molecule has 0 radical (unpaired) electrons. The molecule has 0 amide bonds. The topological polar surface area (TPSA) is 151 Å². The molecule has 0 aliphatic carbocycles. The van der Waals surface area contributed by atoms with Gasteiger partial charge in [-0.05, 0) is 19.1 Å². The van der Waals surface area contributed by atoms with Gasteiger partial charge in [0.15, 0.2) is 5.82 Å². The van der Waals surface area contributed by atoms with Crippen molar-refractivity contribution in [1.82, 2.24) is 43.6 Å². The number of nitrogens with zero attached hydrogens (tertiary/aromatic N) is 9. The molecule has 1 N–H and O–H groups in total. The third kappa shape index (κ3) is 3.14. The Morgan fingerprint density at radius 1 is 1.09 bits per heavy atom. The zero-order chi connectivity index (χ0) is 24.2. The molecule has 0 atom stereocenters. The first-order valence-corrected chi connectivity index (χ1v) is 12.6. The molecular weight excluding hydrogens is 468 g/mol. The highest BCUT2D eigenvalue weighted by Gasteiger charge is 2.49. The number of rotatable bonds is 6. The number of aromatic nitrogens is 8. The van der Waals surface area contributed by atoms with Crippen molar-refractivity contribution in [3.63, 3.8) is 0 Å². The van der Waals surface area contributed by atoms with E-state index in [1.165, 1.54) is 17.0 Å². The van der Waals surface area contributed by atoms with Crippen molar-refractivity contribution in [2.24, 2.45) is 0 Å². The summed E-state index contributed by atoms with van der Waals surface area (Å²) in [4.78, 5) is 18.0. The normalized spacial score (nSPS) is 15.9. The van der Waals surface area contributed by atoms with Gasteiger partial charge in [-0.2, -0.15) is 14.7 Å². The number of sulfonamides is 1. The van der Waals surface area contributed by atoms with E-state index in [0.717, 1.165) is 22.0 Å². The van der Waals surface area contributed by atoms with Gasteiger partial charge >= 0.3 is 0 Å². The van der Waals surface area contributed by atoms with Gasteiger partial charge in [0.25, 0.3) is 0 Å². The largest absolute Gasteiger partial charge is 0.323 e. The van der Waals surface area contributed by atoms with Crippen molar-refractivity contribution in [3.05, 3.63) is 49.6 Å². The van der Waals surface area contributed by atoms with Gasteiger partial charge in [0.05, 0.1) is 41.1 Å². The van der Waals surface area contributed by atoms with Crippen molar-refractivity contribution in [1.29, 1.82) is 5.26 Å². The molecule has 1 aliphatic heterocycles. The van der Waals surface area contributed by atoms with E-state index in [2.05, 4.69) is 36.2 Å². The van der Waals surface area contributed by atoms with Gasteiger partial charge in [0, 0.05) is 42.6 Å². The molecule has 0 aromatic carbocycles. The van der Waals surface area contributed by atoms with Crippen molar-refractivity contribution >= 4 is 32.1 Å². The number of hydrogen-bond acceptors (Lipinski definition) is 8. The maximum absolute atomic E-state index is 12.3. The Kier molecular flexibility index (Phi) is 4.70. The molecule has 12 nitrogen and oxygen atoms in total. The number of hydrogen-bond donors (Lipinski definition) is 1. The van der Waals surface area contributed by atoms with Crippen LogP contribution in [0, 0.1) is 11.3 Å². The quantitative estimate of drug-likeness (QED) is 0.380. The summed E-state index contributed by atoms with van der Waals surface area (Å²) in [7, 11) is -3.33. The standard InChI is InChI=1S/C22H20N10O2S/c1-2-35(33,34)30-11-22(12-30,5-6-23)32-8-4-17-20(26-14-27-21(17)32)31-7-3-16-18(15-9-28-29-10-15)24-13-25-19(16)31/h3-4,7-10,13-14H,2,5,11-12H2,1H3,(H,28,29). The van der Waals surface area contributed by atoms with E-state index in [1.54, 1.807) is 19.3 Å². The Bertz CT molecular complexity index is 1710. The molecule has 35 heavy (non-hydrogen) atoms. The van der Waals surface area contributed by atoms with Crippen LogP contribution in [-0.2, 0) is 15.6 Å². The first kappa shape index (κ1) is 21.4. The predicted octanol–water partition coefficient (Wildman–Crippen LogP) is 1.83. The lowest BCUT2D eigenvalue weighted by atomic mass is 9.88. The van der Waals surface area contributed by atoms with Crippen LogP contribution in [0.15, 0.2) is 49.6 Å². The van der Waals surface area contributed by atoms with Crippen molar-refractivity contribution < 1.29 is 8.42 Å². The predicted molar refractivity (Wildman–Crippen MR) is 127 cm³/mol. The lowest BCUT2D eigenvalue weighted by Crippen LogP contribution is -2.64. The minimum atomic E-state index is -3.33. The summed E-state index contributed by atoms with van der Waals surface area (Å²) in [5.41, 5.74) is 2.23. The smallest absolute Gasteiger partial charge is 0.213 e. The molecule has 0 saturated carbocycles. The zero-order valence-corrected chi connectivity index (χ0v) is 19.5. The summed E-state index contributed by atoms with van der Waals surface area (Å²) in [5, 5.41) is 18.0. The van der Waals surface area contributed by atoms with Crippen LogP contribution < -0.4 is 0 Å². The third-order valence-electron chi connectivity index (χ3n) is 6.56. The second-order valence-corrected chi connectivity index (χ2v) is 10.7. The molecule has 5 aromatic heterocycles. The minimum Gasteiger partial charge on any atom is -0.323 e. The average Bonchev–Trinajstić information content (AvgIpc) is 3.60. The molecule has 1 fully saturated rings. The van der Waals surface area contributed by atoms with Gasteiger partial charge < -0.3 is 4.57 Å². The highest BCUT2D eigenvalue weighted by molar-refractivity contribution is 7.89. The van der Waals surface area contributed by atoms with Crippen molar-refractivity contribution in [3.8, 4) is 23.1 Å². The molecule has 5 aromatic rings. The Balaban J connectivity index is 1.46. The van der Waals surface area contributed by atoms with Crippen LogP contribution in [0.5, 0.6) is 0 Å². The van der Waals surface area contributed by atoms with E-state index >= 15 is 0 Å². The van der Waals surface area contributed by atoms with E-state index in [1.807, 2.05) is 33.7 Å². The van der Waals surface area contributed by atoms with Crippen molar-refractivity contribution in [2.45, 2.75) is 18.9 Å². The number of fused-ring (bicyclic) bond motifs is 2. The Morgan fingerprint density at radius 3 is 2.60 bits per heavy atom. The molecule has 0 unspecified atom stereocenters. The Hall–Kier alpha value is -4.15. The van der Waals surface area contributed by atoms with Gasteiger partial charge in [0.2, 0.25) is 10.0 Å². The summed E-state index contributed by atoms with van der Waals surface area (Å²) >= 11 is 0. The SMILES string of the molecule is CCS(=O)(=O)N1CC(CC#N)(n2ccc3c(-n4ccc5c(-c6cn[nH]c6)ncnc54)ncnc32)C1. The van der Waals surface area contributed by atoms with Gasteiger partial charge in [-0.25, -0.2) is 28.4 Å². The van der Waals surface area contributed by atoms with E-state index in [0.29, 0.717) is 17.1 Å². The van der Waals surface area contributed by atoms with Crippen LogP contribution in [0.1, 0.15) is 13.3 Å². The molecule has 1 aliphatic rings. The van der Waals surface area contributed by atoms with E-state index in [4.69, 9.17) is 0 Å². The molecule has 6 rings (SSSR count). The summed E-state index contributed by atoms with van der Waals surface area (Å²) in [5.74, 6) is 0.655. The maximum Gasteiger partial charge on any atom is 0.213 e. The fourth-order valence-electron chi connectivity index (χ4n) is 4.73. The number of H-pyrrole nitrogens is 1. The lowest BCUT2D eigenvalue weighted by Gasteiger charge is -2.49. The Labute approximate surface area is 199 Å². The van der Waals surface area contributed by atoms with Gasteiger partial charge in [-0.15, -0.1) is 0 Å². The monoisotopic (exact) mass is 488 g/mol. The van der Waals surface area contributed by atoms with Crippen molar-refractivity contribution in [2.75, 3.05) is 18.8 Å². The first-order valence-electron chi connectivity index (χ1n) is 11.0. The second kappa shape index (κ2) is 7.69. The van der Waals surface area contributed by atoms with Gasteiger partial charge in [-0.3, -0.25) is 9.67 Å². The summed E-state index contributed by atoms with van der Waals surface area (Å²) in [6, 6.07) is 6.05. The highest BCUT2D eigenvalue weighted by Crippen LogP contribution is 2.38. The molecule has 13 heteroatoms. The number of nitrogens with one attached hydrogen (secondary N) is 1.